The normalized spacial score (nSPS) is 11.9. The van der Waals surface area contributed by atoms with Gasteiger partial charge in [0.1, 0.15) is 0 Å². The van der Waals surface area contributed by atoms with Crippen LogP contribution >= 0.6 is 16.9 Å². The molecule has 200 valence electrons. The van der Waals surface area contributed by atoms with Gasteiger partial charge in [-0.25, -0.2) is 0 Å². The molecule has 0 aliphatic rings. The van der Waals surface area contributed by atoms with Crippen molar-refractivity contribution in [2.45, 2.75) is 25.5 Å². The Balaban J connectivity index is 1.45. The first-order valence-corrected chi connectivity index (χ1v) is 24.6. The Kier molecular flexibility index (Phi) is 10.3. The number of halogens is 1. The van der Waals surface area contributed by atoms with Crippen molar-refractivity contribution in [3.63, 3.8) is 0 Å². The summed E-state index contributed by atoms with van der Waals surface area (Å²) in [5.74, 6) is 0.892. The molecule has 0 spiro atoms. The molecule has 5 aromatic carbocycles. The summed E-state index contributed by atoms with van der Waals surface area (Å²) in [7, 11) is 6.96. The van der Waals surface area contributed by atoms with Gasteiger partial charge in [0.25, 0.3) is 0 Å². The Labute approximate surface area is 252 Å². The standard InChI is InChI=1S/C34H32NOP.ClH.H2N.Tl/c1-26(32-22-13-17-28(34(32)36)24-27-14-5-2-6-15-27)37-33-23-12-11-16-29(33)25-35(30-18-7-3-8-19-30)31-20-9-4-10-21-31;;;/h2-23,26,36-37H,24-25H2,1H3;1H;1H2;/q;;-1;+3/p-2. The fourth-order valence-corrected chi connectivity index (χ4v) is 9.15. The molecular formula is C34H33ClN2OPTl. The van der Waals surface area contributed by atoms with E-state index in [4.69, 9.17) is 14.5 Å². The van der Waals surface area contributed by atoms with E-state index in [-0.39, 0.29) is 5.66 Å². The molecule has 0 aromatic heterocycles. The molecule has 0 fully saturated rings. The predicted octanol–water partition coefficient (Wildman–Crippen LogP) is 8.24. The van der Waals surface area contributed by atoms with Crippen LogP contribution in [0.4, 0.5) is 11.4 Å². The van der Waals surface area contributed by atoms with Gasteiger partial charge in [0.05, 0.1) is 0 Å². The van der Waals surface area contributed by atoms with Crippen LogP contribution in [0.1, 0.15) is 34.8 Å². The molecule has 0 aliphatic heterocycles. The molecule has 0 radical (unpaired) electrons. The number of anilines is 2. The first-order chi connectivity index (χ1) is 19.6. The zero-order valence-corrected chi connectivity index (χ0v) is 28.8. The number of nitrogens with zero attached hydrogens (tertiary/aromatic N) is 1. The van der Waals surface area contributed by atoms with E-state index in [2.05, 4.69) is 139 Å². The molecule has 0 bridgehead atoms. The van der Waals surface area contributed by atoms with Crippen molar-refractivity contribution in [2.75, 3.05) is 4.90 Å². The molecule has 2 N–H and O–H groups in total. The van der Waals surface area contributed by atoms with Gasteiger partial charge in [-0.15, -0.1) is 0 Å². The van der Waals surface area contributed by atoms with Crippen LogP contribution in [0.5, 0.6) is 5.75 Å². The summed E-state index contributed by atoms with van der Waals surface area (Å²) in [6, 6.07) is 46.9. The van der Waals surface area contributed by atoms with Gasteiger partial charge in [0.15, 0.2) is 0 Å². The van der Waals surface area contributed by atoms with E-state index in [0.29, 0.717) is 8.58 Å². The van der Waals surface area contributed by atoms with Crippen LogP contribution in [0.2, 0.25) is 0 Å². The second kappa shape index (κ2) is 14.3. The van der Waals surface area contributed by atoms with Gasteiger partial charge < -0.3 is 0 Å². The van der Waals surface area contributed by atoms with Gasteiger partial charge in [-0.3, -0.25) is 0 Å². The number of benzene rings is 5. The van der Waals surface area contributed by atoms with Gasteiger partial charge in [-0.05, 0) is 0 Å². The van der Waals surface area contributed by atoms with E-state index in [9.17, 15) is 0 Å². The summed E-state index contributed by atoms with van der Waals surface area (Å²) in [6.07, 6.45) is 0.789. The fourth-order valence-electron chi connectivity index (χ4n) is 4.98. The molecule has 0 heterocycles. The Hall–Kier alpha value is -2.70. The summed E-state index contributed by atoms with van der Waals surface area (Å²) in [4.78, 5) is 2.38. The van der Waals surface area contributed by atoms with E-state index in [1.54, 1.807) is 0 Å². The molecule has 5 aromatic rings. The maximum absolute atomic E-state index is 6.40. The van der Waals surface area contributed by atoms with E-state index < -0.39 is 22.2 Å². The Bertz CT molecular complexity index is 1460. The zero-order chi connectivity index (χ0) is 27.7. The van der Waals surface area contributed by atoms with Gasteiger partial charge >= 0.3 is 242 Å². The van der Waals surface area contributed by atoms with Crippen LogP contribution in [-0.2, 0) is 13.0 Å². The number of nitrogens with two attached hydrogens (primary N) is 1. The SMILES string of the molecule is CC(Pc1ccccc1CN(c1ccccc1)c1ccccc1)c1cccc(Cc2ccccc2)c1[O][Tl]([NH2])[Cl]. The summed E-state index contributed by atoms with van der Waals surface area (Å²) >= 11 is -3.16. The van der Waals surface area contributed by atoms with Crippen LogP contribution in [-0.4, -0.2) is 22.2 Å². The summed E-state index contributed by atoms with van der Waals surface area (Å²) in [6.45, 7) is 3.07. The molecule has 40 heavy (non-hydrogen) atoms. The van der Waals surface area contributed by atoms with Crippen LogP contribution in [0, 0.1) is 0 Å². The molecule has 0 amide bonds. The van der Waals surface area contributed by atoms with Crippen LogP contribution in [0.3, 0.4) is 0 Å². The number of para-hydroxylation sites is 3. The van der Waals surface area contributed by atoms with Gasteiger partial charge in [0.2, 0.25) is 0 Å². The number of hydrogen-bond donors (Lipinski definition) is 1. The van der Waals surface area contributed by atoms with Gasteiger partial charge in [0, 0.05) is 0 Å². The molecule has 0 aliphatic carbocycles. The van der Waals surface area contributed by atoms with E-state index >= 15 is 0 Å². The second-order valence-corrected chi connectivity index (χ2v) is 18.9. The van der Waals surface area contributed by atoms with Crippen molar-refractivity contribution < 1.29 is 2.69 Å². The number of hydrogen-bond acceptors (Lipinski definition) is 3. The van der Waals surface area contributed by atoms with Crippen LogP contribution in [0.15, 0.2) is 133 Å². The van der Waals surface area contributed by atoms with Crippen molar-refractivity contribution >= 4 is 55.8 Å². The minimum atomic E-state index is -3.16. The zero-order valence-electron chi connectivity index (χ0n) is 22.6. The van der Waals surface area contributed by atoms with Gasteiger partial charge in [-0.2, -0.15) is 0 Å². The number of rotatable bonds is 11. The van der Waals surface area contributed by atoms with E-state index in [0.717, 1.165) is 24.3 Å². The Morgan fingerprint density at radius 3 is 1.90 bits per heavy atom. The molecule has 2 unspecified atom stereocenters. The summed E-state index contributed by atoms with van der Waals surface area (Å²) < 4.78 is 12.4. The first kappa shape index (κ1) is 28.8. The second-order valence-electron chi connectivity index (χ2n) is 9.75. The monoisotopic (exact) mass is 756 g/mol. The Morgan fingerprint density at radius 2 is 1.27 bits per heavy atom. The molecule has 0 saturated heterocycles. The third-order valence-electron chi connectivity index (χ3n) is 6.91. The average molecular weight is 756 g/mol. The van der Waals surface area contributed by atoms with Crippen molar-refractivity contribution in [3.05, 3.63) is 156 Å². The quantitative estimate of drug-likeness (QED) is 0.109. The Morgan fingerprint density at radius 1 is 0.725 bits per heavy atom. The van der Waals surface area contributed by atoms with Crippen LogP contribution in [0.25, 0.3) is 0 Å². The predicted molar refractivity (Wildman–Crippen MR) is 174 cm³/mol. The molecule has 0 saturated carbocycles. The topological polar surface area (TPSA) is 38.5 Å². The maximum atomic E-state index is 6.40. The summed E-state index contributed by atoms with van der Waals surface area (Å²) in [5, 5.41) is 1.35. The molecule has 6 heteroatoms. The van der Waals surface area contributed by atoms with Crippen molar-refractivity contribution in [1.82, 2.24) is 0 Å². The third kappa shape index (κ3) is 7.52. The molecular weight excluding hydrogens is 723 g/mol. The fraction of sp³-hybridized carbons (Fsp3) is 0.118. The molecule has 2 atom stereocenters. The first-order valence-electron chi connectivity index (χ1n) is 13.5. The van der Waals surface area contributed by atoms with Crippen molar-refractivity contribution in [3.8, 4) is 5.75 Å². The third-order valence-corrected chi connectivity index (χ3v) is 11.0. The average Bonchev–Trinajstić information content (AvgIpc) is 2.98. The van der Waals surface area contributed by atoms with Crippen molar-refractivity contribution in [2.24, 2.45) is 3.54 Å². The minimum absolute atomic E-state index is 0.248. The van der Waals surface area contributed by atoms with E-state index in [1.807, 2.05) is 6.07 Å². The van der Waals surface area contributed by atoms with Crippen LogP contribution < -0.4 is 16.4 Å². The van der Waals surface area contributed by atoms with Gasteiger partial charge in [-0.1, -0.05) is 12.1 Å². The van der Waals surface area contributed by atoms with Crippen molar-refractivity contribution in [1.29, 1.82) is 0 Å². The molecule has 3 nitrogen and oxygen atoms in total. The van der Waals surface area contributed by atoms with E-state index in [1.165, 1.54) is 33.4 Å². The summed E-state index contributed by atoms with van der Waals surface area (Å²) in [5.41, 5.74) is 7.48. The molecule has 5 rings (SSSR count).